The van der Waals surface area contributed by atoms with Crippen LogP contribution in [0.25, 0.3) is 0 Å². The highest BCUT2D eigenvalue weighted by Crippen LogP contribution is 2.34. The van der Waals surface area contributed by atoms with Gasteiger partial charge in [-0.1, -0.05) is 33.8 Å². The lowest BCUT2D eigenvalue weighted by Gasteiger charge is -2.18. The van der Waals surface area contributed by atoms with Crippen molar-refractivity contribution < 1.29 is 14.3 Å². The van der Waals surface area contributed by atoms with Gasteiger partial charge >= 0.3 is 0 Å². The summed E-state index contributed by atoms with van der Waals surface area (Å²) >= 11 is 0. The van der Waals surface area contributed by atoms with Crippen LogP contribution in [-0.4, -0.2) is 30.1 Å². The maximum Gasteiger partial charge on any atom is 0.232 e. The number of anilines is 2. The number of nitrogens with one attached hydrogen (secondary N) is 1. The van der Waals surface area contributed by atoms with Crippen LogP contribution < -0.4 is 20.5 Å². The number of amides is 1. The van der Waals surface area contributed by atoms with Crippen LogP contribution >= 0.6 is 0 Å². The molecule has 0 aliphatic rings. The molecule has 1 aromatic carbocycles. The lowest BCUT2D eigenvalue weighted by Crippen LogP contribution is -2.28. The second-order valence-corrected chi connectivity index (χ2v) is 7.07. The van der Waals surface area contributed by atoms with Crippen LogP contribution in [0.3, 0.4) is 0 Å². The Morgan fingerprint density at radius 2 is 1.85 bits per heavy atom. The molecular formula is C19H26N4O3. The summed E-state index contributed by atoms with van der Waals surface area (Å²) in [6, 6.07) is 5.69. The molecule has 1 unspecified atom stereocenters. The first-order valence-corrected chi connectivity index (χ1v) is 8.33. The molecule has 0 spiro atoms. The largest absolute Gasteiger partial charge is 0.493 e. The van der Waals surface area contributed by atoms with Crippen molar-refractivity contribution in [1.82, 2.24) is 9.97 Å². The smallest absolute Gasteiger partial charge is 0.232 e. The van der Waals surface area contributed by atoms with E-state index in [0.717, 1.165) is 11.1 Å². The molecule has 7 heteroatoms. The second-order valence-electron chi connectivity index (χ2n) is 7.07. The number of benzene rings is 1. The fraction of sp³-hybridized carbons (Fsp3) is 0.421. The highest BCUT2D eigenvalue weighted by molar-refractivity contribution is 5.93. The first kappa shape index (κ1) is 19.5. The van der Waals surface area contributed by atoms with Crippen LogP contribution in [-0.2, 0) is 4.79 Å². The van der Waals surface area contributed by atoms with E-state index in [1.54, 1.807) is 20.4 Å². The van der Waals surface area contributed by atoms with Crippen molar-refractivity contribution in [3.05, 3.63) is 35.5 Å². The number of hydrogen-bond donors (Lipinski definition) is 2. The molecule has 0 saturated carbocycles. The third-order valence-electron chi connectivity index (χ3n) is 4.13. The molecule has 7 nitrogen and oxygen atoms in total. The monoisotopic (exact) mass is 358 g/mol. The van der Waals surface area contributed by atoms with Crippen molar-refractivity contribution in [3.8, 4) is 11.5 Å². The normalized spacial score (nSPS) is 12.4. The van der Waals surface area contributed by atoms with Gasteiger partial charge in [0.1, 0.15) is 5.82 Å². The molecule has 1 atom stereocenters. The van der Waals surface area contributed by atoms with Gasteiger partial charge in [0.15, 0.2) is 11.5 Å². The van der Waals surface area contributed by atoms with Gasteiger partial charge in [0, 0.05) is 23.1 Å². The number of hydrogen-bond acceptors (Lipinski definition) is 6. The number of nitrogens with zero attached hydrogens (tertiary/aromatic N) is 2. The molecular weight excluding hydrogens is 332 g/mol. The Balaban J connectivity index is 2.27. The van der Waals surface area contributed by atoms with Gasteiger partial charge in [-0.3, -0.25) is 10.1 Å². The van der Waals surface area contributed by atoms with E-state index in [4.69, 9.17) is 15.2 Å². The quantitative estimate of drug-likeness (QED) is 0.851. The van der Waals surface area contributed by atoms with Crippen molar-refractivity contribution in [2.45, 2.75) is 33.6 Å². The van der Waals surface area contributed by atoms with Crippen molar-refractivity contribution in [2.24, 2.45) is 5.41 Å². The molecule has 2 aromatic rings. The van der Waals surface area contributed by atoms with E-state index >= 15 is 0 Å². The van der Waals surface area contributed by atoms with Crippen molar-refractivity contribution >= 4 is 17.7 Å². The molecule has 140 valence electrons. The Kier molecular flexibility index (Phi) is 5.69. The van der Waals surface area contributed by atoms with E-state index in [-0.39, 0.29) is 17.8 Å². The van der Waals surface area contributed by atoms with Crippen molar-refractivity contribution in [2.75, 3.05) is 25.3 Å². The van der Waals surface area contributed by atoms with Crippen molar-refractivity contribution in [3.63, 3.8) is 0 Å². The molecule has 1 amide bonds. The number of carbonyl (C=O) groups excluding carboxylic acids is 1. The molecule has 2 rings (SSSR count). The molecule has 0 radical (unpaired) electrons. The minimum Gasteiger partial charge on any atom is -0.493 e. The fourth-order valence-electron chi connectivity index (χ4n) is 2.39. The molecule has 1 aromatic heterocycles. The van der Waals surface area contributed by atoms with Gasteiger partial charge in [-0.15, -0.1) is 0 Å². The van der Waals surface area contributed by atoms with E-state index in [1.165, 1.54) is 0 Å². The highest BCUT2D eigenvalue weighted by atomic mass is 16.5. The third kappa shape index (κ3) is 4.22. The Hall–Kier alpha value is -2.83. The van der Waals surface area contributed by atoms with Crippen LogP contribution in [0.4, 0.5) is 11.8 Å². The van der Waals surface area contributed by atoms with Gasteiger partial charge < -0.3 is 15.2 Å². The Morgan fingerprint density at radius 3 is 2.38 bits per heavy atom. The number of aromatic nitrogens is 2. The number of methoxy groups -OCH3 is 2. The predicted octanol–water partition coefficient (Wildman–Crippen LogP) is 3.21. The van der Waals surface area contributed by atoms with E-state index in [1.807, 2.05) is 45.9 Å². The van der Waals surface area contributed by atoms with E-state index in [9.17, 15) is 4.79 Å². The summed E-state index contributed by atoms with van der Waals surface area (Å²) in [6.45, 7) is 7.46. The van der Waals surface area contributed by atoms with Gasteiger partial charge in [0.2, 0.25) is 11.9 Å². The van der Waals surface area contributed by atoms with Gasteiger partial charge in [0.25, 0.3) is 0 Å². The molecule has 0 aliphatic carbocycles. The summed E-state index contributed by atoms with van der Waals surface area (Å²) in [7, 11) is 3.19. The number of ether oxygens (including phenoxy) is 2. The van der Waals surface area contributed by atoms with Crippen LogP contribution in [0.2, 0.25) is 0 Å². The van der Waals surface area contributed by atoms with Crippen LogP contribution in [0, 0.1) is 5.41 Å². The zero-order valence-electron chi connectivity index (χ0n) is 16.1. The minimum absolute atomic E-state index is 0.0535. The summed E-state index contributed by atoms with van der Waals surface area (Å²) in [5, 5.41) is 2.68. The fourth-order valence-corrected chi connectivity index (χ4v) is 2.39. The second kappa shape index (κ2) is 7.59. The SMILES string of the molecule is COc1ccc(C(C)c2cnc(NC(=O)C(C)(C)C)nc2N)cc1OC. The van der Waals surface area contributed by atoms with Gasteiger partial charge in [0.05, 0.1) is 14.2 Å². The molecule has 0 saturated heterocycles. The van der Waals surface area contributed by atoms with E-state index in [2.05, 4.69) is 15.3 Å². The zero-order chi connectivity index (χ0) is 19.5. The molecule has 3 N–H and O–H groups in total. The van der Waals surface area contributed by atoms with Gasteiger partial charge in [-0.05, 0) is 17.7 Å². The van der Waals surface area contributed by atoms with Gasteiger partial charge in [-0.25, -0.2) is 4.98 Å². The summed E-state index contributed by atoms with van der Waals surface area (Å²) in [4.78, 5) is 20.5. The third-order valence-corrected chi connectivity index (χ3v) is 4.13. The summed E-state index contributed by atoms with van der Waals surface area (Å²) in [5.74, 6) is 1.61. The molecule has 0 aliphatic heterocycles. The summed E-state index contributed by atoms with van der Waals surface area (Å²) < 4.78 is 10.6. The maximum absolute atomic E-state index is 12.1. The lowest BCUT2D eigenvalue weighted by atomic mass is 9.94. The Bertz CT molecular complexity index is 800. The molecule has 26 heavy (non-hydrogen) atoms. The number of nitrogen functional groups attached to an aromatic ring is 1. The highest BCUT2D eigenvalue weighted by Gasteiger charge is 2.23. The van der Waals surface area contributed by atoms with Crippen molar-refractivity contribution in [1.29, 1.82) is 0 Å². The first-order valence-electron chi connectivity index (χ1n) is 8.33. The topological polar surface area (TPSA) is 99.4 Å². The van der Waals surface area contributed by atoms with Crippen LogP contribution in [0.5, 0.6) is 11.5 Å². The lowest BCUT2D eigenvalue weighted by molar-refractivity contribution is -0.123. The predicted molar refractivity (Wildman–Crippen MR) is 102 cm³/mol. The van der Waals surface area contributed by atoms with E-state index in [0.29, 0.717) is 17.3 Å². The standard InChI is InChI=1S/C19H26N4O3/c1-11(12-7-8-14(25-5)15(9-12)26-6)13-10-21-18(22-16(13)20)23-17(24)19(2,3)4/h7-11H,1-6H3,(H3,20,21,22,23,24). The Morgan fingerprint density at radius 1 is 1.19 bits per heavy atom. The molecule has 0 bridgehead atoms. The number of carbonyl (C=O) groups is 1. The summed E-state index contributed by atoms with van der Waals surface area (Å²) in [5.41, 5.74) is 7.33. The average molecular weight is 358 g/mol. The van der Waals surface area contributed by atoms with E-state index < -0.39 is 5.41 Å². The average Bonchev–Trinajstić information content (AvgIpc) is 2.59. The van der Waals surface area contributed by atoms with Gasteiger partial charge in [-0.2, -0.15) is 4.98 Å². The first-order chi connectivity index (χ1) is 12.2. The molecule has 0 fully saturated rings. The maximum atomic E-state index is 12.1. The number of nitrogens with two attached hydrogens (primary N) is 1. The molecule has 1 heterocycles. The van der Waals surface area contributed by atoms with Crippen LogP contribution in [0.15, 0.2) is 24.4 Å². The van der Waals surface area contributed by atoms with Crippen LogP contribution in [0.1, 0.15) is 44.7 Å². The minimum atomic E-state index is -0.538. The number of rotatable bonds is 5. The Labute approximate surface area is 153 Å². The zero-order valence-corrected chi connectivity index (χ0v) is 16.1. The summed E-state index contributed by atoms with van der Waals surface area (Å²) in [6.07, 6.45) is 1.64.